The van der Waals surface area contributed by atoms with Crippen molar-refractivity contribution in [3.05, 3.63) is 41.5 Å². The van der Waals surface area contributed by atoms with Crippen LogP contribution in [0.15, 0.2) is 30.3 Å². The number of benzene rings is 1. The molecule has 1 aliphatic carbocycles. The smallest absolute Gasteiger partial charge is 0.309 e. The van der Waals surface area contributed by atoms with E-state index in [4.69, 9.17) is 10.1 Å². The van der Waals surface area contributed by atoms with Gasteiger partial charge in [-0.3, -0.25) is 4.79 Å². The summed E-state index contributed by atoms with van der Waals surface area (Å²) in [6, 6.07) is 7.97. The maximum Gasteiger partial charge on any atom is 0.309 e. The van der Waals surface area contributed by atoms with Crippen LogP contribution in [0.3, 0.4) is 0 Å². The molecule has 1 aromatic carbocycles. The highest BCUT2D eigenvalue weighted by atomic mass is 16.5. The molecule has 1 N–H and O–H groups in total. The van der Waals surface area contributed by atoms with Crippen LogP contribution in [-0.4, -0.2) is 18.8 Å². The van der Waals surface area contributed by atoms with Crippen LogP contribution in [0, 0.1) is 11.3 Å². The van der Waals surface area contributed by atoms with Crippen LogP contribution in [0.4, 0.5) is 0 Å². The summed E-state index contributed by atoms with van der Waals surface area (Å²) in [5.41, 5.74) is 3.38. The first-order chi connectivity index (χ1) is 10.2. The Labute approximate surface area is 127 Å². The molecule has 1 aliphatic rings. The number of carbonyl (C=O) groups is 1. The summed E-state index contributed by atoms with van der Waals surface area (Å²) < 4.78 is 5.06. The Bertz CT molecular complexity index is 488. The first-order valence-electron chi connectivity index (χ1n) is 7.71. The minimum atomic E-state index is -0.0723. The van der Waals surface area contributed by atoms with Gasteiger partial charge in [0.2, 0.25) is 0 Å². The Morgan fingerprint density at radius 2 is 2.00 bits per heavy atom. The molecule has 0 aromatic heterocycles. The fraction of sp³-hybridized carbons (Fsp3) is 0.444. The average Bonchev–Trinajstić information content (AvgIpc) is 2.57. The van der Waals surface area contributed by atoms with Gasteiger partial charge in [-0.25, -0.2) is 0 Å². The van der Waals surface area contributed by atoms with Gasteiger partial charge in [0, 0.05) is 6.21 Å². The highest BCUT2D eigenvalue weighted by Gasteiger charge is 2.22. The van der Waals surface area contributed by atoms with Crippen molar-refractivity contribution in [1.29, 1.82) is 5.41 Å². The maximum atomic E-state index is 11.6. The number of hydrogen-bond donors (Lipinski definition) is 1. The van der Waals surface area contributed by atoms with Crippen LogP contribution in [-0.2, 0) is 9.53 Å². The number of esters is 1. The molecule has 21 heavy (non-hydrogen) atoms. The zero-order valence-electron chi connectivity index (χ0n) is 13.2. The summed E-state index contributed by atoms with van der Waals surface area (Å²) in [4.78, 5) is 11.6. The molecule has 0 heterocycles. The predicted octanol–water partition coefficient (Wildman–Crippen LogP) is 4.46. The molecule has 0 radical (unpaired) electrons. The van der Waals surface area contributed by atoms with Gasteiger partial charge in [-0.2, -0.15) is 0 Å². The standard InChI is InChI=1S/C16H19NO2.C2H6/c1-2-19-16(18)15-9-7-14(8-10-15)13-5-3-12(11-17)4-6-13;1-2/h3-7,11,15,17H,2,8-10H2,1H3;1-2H3. The lowest BCUT2D eigenvalue weighted by Crippen LogP contribution is -2.19. The number of ether oxygens (including phenoxy) is 1. The van der Waals surface area contributed by atoms with E-state index >= 15 is 0 Å². The van der Waals surface area contributed by atoms with E-state index in [2.05, 4.69) is 6.08 Å². The highest BCUT2D eigenvalue weighted by molar-refractivity contribution is 5.79. The SMILES string of the molecule is CC.CCOC(=O)C1CC=C(c2ccc(C=N)cc2)CC1. The van der Waals surface area contributed by atoms with Crippen molar-refractivity contribution in [2.75, 3.05) is 6.61 Å². The third kappa shape index (κ3) is 4.85. The van der Waals surface area contributed by atoms with E-state index in [1.807, 2.05) is 45.0 Å². The lowest BCUT2D eigenvalue weighted by molar-refractivity contribution is -0.148. The van der Waals surface area contributed by atoms with Crippen LogP contribution < -0.4 is 0 Å². The quantitative estimate of drug-likeness (QED) is 0.656. The van der Waals surface area contributed by atoms with E-state index in [1.165, 1.54) is 17.4 Å². The topological polar surface area (TPSA) is 50.2 Å². The molecule has 0 saturated carbocycles. The summed E-state index contributed by atoms with van der Waals surface area (Å²) in [6.45, 7) is 6.30. The molecule has 1 atom stereocenters. The first-order valence-corrected chi connectivity index (χ1v) is 7.71. The van der Waals surface area contributed by atoms with E-state index in [-0.39, 0.29) is 11.9 Å². The van der Waals surface area contributed by atoms with Gasteiger partial charge in [0.15, 0.2) is 0 Å². The fourth-order valence-corrected chi connectivity index (χ4v) is 2.36. The number of allylic oxidation sites excluding steroid dienone is 2. The molecule has 3 nitrogen and oxygen atoms in total. The van der Waals surface area contributed by atoms with Gasteiger partial charge in [0.25, 0.3) is 0 Å². The molecule has 0 amide bonds. The van der Waals surface area contributed by atoms with Crippen molar-refractivity contribution in [2.45, 2.75) is 40.0 Å². The zero-order valence-corrected chi connectivity index (χ0v) is 13.2. The highest BCUT2D eigenvalue weighted by Crippen LogP contribution is 2.30. The third-order valence-corrected chi connectivity index (χ3v) is 3.48. The summed E-state index contributed by atoms with van der Waals surface area (Å²) in [7, 11) is 0. The number of carbonyl (C=O) groups excluding carboxylic acids is 1. The van der Waals surface area contributed by atoms with E-state index in [0.29, 0.717) is 6.61 Å². The molecule has 0 fully saturated rings. The van der Waals surface area contributed by atoms with E-state index in [1.54, 1.807) is 0 Å². The number of rotatable bonds is 4. The van der Waals surface area contributed by atoms with Crippen LogP contribution in [0.5, 0.6) is 0 Å². The van der Waals surface area contributed by atoms with E-state index in [0.717, 1.165) is 24.8 Å². The summed E-state index contributed by atoms with van der Waals surface area (Å²) in [5.74, 6) is -0.0542. The lowest BCUT2D eigenvalue weighted by Gasteiger charge is -2.20. The Hall–Kier alpha value is -1.90. The van der Waals surface area contributed by atoms with Gasteiger partial charge in [-0.05, 0) is 42.9 Å². The molecule has 114 valence electrons. The molecule has 1 aromatic rings. The van der Waals surface area contributed by atoms with Crippen molar-refractivity contribution < 1.29 is 9.53 Å². The molecule has 0 spiro atoms. The molecular weight excluding hydrogens is 262 g/mol. The molecule has 3 heteroatoms. The molecule has 0 bridgehead atoms. The van der Waals surface area contributed by atoms with Crippen molar-refractivity contribution in [3.63, 3.8) is 0 Å². The summed E-state index contributed by atoms with van der Waals surface area (Å²) in [5, 5.41) is 7.18. The molecule has 0 saturated heterocycles. The fourth-order valence-electron chi connectivity index (χ4n) is 2.36. The summed E-state index contributed by atoms with van der Waals surface area (Å²) >= 11 is 0. The monoisotopic (exact) mass is 287 g/mol. The molecule has 0 aliphatic heterocycles. The Balaban J connectivity index is 0.00000106. The number of hydrogen-bond acceptors (Lipinski definition) is 3. The van der Waals surface area contributed by atoms with Crippen molar-refractivity contribution in [3.8, 4) is 0 Å². The van der Waals surface area contributed by atoms with Gasteiger partial charge >= 0.3 is 5.97 Å². The predicted molar refractivity (Wildman–Crippen MR) is 87.6 cm³/mol. The first kappa shape index (κ1) is 17.2. The zero-order chi connectivity index (χ0) is 15.7. The number of nitrogens with one attached hydrogen (secondary N) is 1. The molecular formula is C18H25NO2. The Morgan fingerprint density at radius 1 is 1.33 bits per heavy atom. The van der Waals surface area contributed by atoms with Crippen LogP contribution in [0.25, 0.3) is 5.57 Å². The van der Waals surface area contributed by atoms with Crippen molar-refractivity contribution in [1.82, 2.24) is 0 Å². The Kier molecular flexibility index (Phi) is 7.44. The normalized spacial score (nSPS) is 17.1. The Morgan fingerprint density at radius 3 is 2.48 bits per heavy atom. The van der Waals surface area contributed by atoms with Gasteiger partial charge < -0.3 is 10.1 Å². The van der Waals surface area contributed by atoms with Crippen molar-refractivity contribution in [2.24, 2.45) is 5.92 Å². The largest absolute Gasteiger partial charge is 0.466 e. The van der Waals surface area contributed by atoms with E-state index in [9.17, 15) is 4.79 Å². The van der Waals surface area contributed by atoms with Crippen molar-refractivity contribution >= 4 is 17.8 Å². The second-order valence-corrected chi connectivity index (χ2v) is 4.72. The second-order valence-electron chi connectivity index (χ2n) is 4.72. The van der Waals surface area contributed by atoms with E-state index < -0.39 is 0 Å². The minimum absolute atomic E-state index is 0.0181. The third-order valence-electron chi connectivity index (χ3n) is 3.48. The second kappa shape index (κ2) is 9.11. The minimum Gasteiger partial charge on any atom is -0.466 e. The van der Waals surface area contributed by atoms with Crippen LogP contribution in [0.1, 0.15) is 51.2 Å². The maximum absolute atomic E-state index is 11.6. The van der Waals surface area contributed by atoms with Gasteiger partial charge in [0.05, 0.1) is 12.5 Å². The van der Waals surface area contributed by atoms with Crippen LogP contribution in [0.2, 0.25) is 0 Å². The molecule has 2 rings (SSSR count). The van der Waals surface area contributed by atoms with Gasteiger partial charge in [0.1, 0.15) is 0 Å². The van der Waals surface area contributed by atoms with Gasteiger partial charge in [-0.1, -0.05) is 44.2 Å². The van der Waals surface area contributed by atoms with Crippen LogP contribution >= 0.6 is 0 Å². The van der Waals surface area contributed by atoms with Gasteiger partial charge in [-0.15, -0.1) is 0 Å². The lowest BCUT2D eigenvalue weighted by atomic mass is 9.86. The average molecular weight is 287 g/mol. The summed E-state index contributed by atoms with van der Waals surface area (Å²) in [6.07, 6.45) is 6.02. The molecule has 1 unspecified atom stereocenters.